The molecule has 3 aliphatic heterocycles. The van der Waals surface area contributed by atoms with E-state index >= 15 is 0 Å². The standard InChI is InChI=1S/C32H42N4O7S2/c1-21-11-15-35(16-12-21)29(37)26-27(43-28(33-26)30(38)36-19-32(20-36)13-17-44(39,40)18-14-32)24-9-10-25(23-8-6-5-7-22(23)24)45(41,42)34-31(2,3)4/h5-10,21,34,39-40H,11-20H2,1-4H3. The first-order valence-corrected chi connectivity index (χ1v) is 18.8. The molecule has 244 valence electrons. The first kappa shape index (κ1) is 32.0. The molecule has 0 saturated carbocycles. The van der Waals surface area contributed by atoms with Crippen molar-refractivity contribution < 1.29 is 31.5 Å². The number of aromatic nitrogens is 1. The zero-order valence-electron chi connectivity index (χ0n) is 26.2. The second-order valence-corrected chi connectivity index (χ2v) is 18.1. The van der Waals surface area contributed by atoms with Crippen LogP contribution in [0.15, 0.2) is 45.7 Å². The van der Waals surface area contributed by atoms with Crippen molar-refractivity contribution in [2.75, 3.05) is 37.7 Å². The maximum Gasteiger partial charge on any atom is 0.309 e. The number of amides is 2. The number of sulfonamides is 1. The quantitative estimate of drug-likeness (QED) is 0.328. The Hall–Kier alpha value is -2.97. The minimum absolute atomic E-state index is 0.0309. The van der Waals surface area contributed by atoms with Gasteiger partial charge in [-0.05, 0) is 69.9 Å². The van der Waals surface area contributed by atoms with Crippen molar-refractivity contribution in [1.82, 2.24) is 19.5 Å². The molecule has 2 amide bonds. The van der Waals surface area contributed by atoms with E-state index in [1.807, 2.05) is 0 Å². The summed E-state index contributed by atoms with van der Waals surface area (Å²) in [4.78, 5) is 35.6. The van der Waals surface area contributed by atoms with E-state index in [1.165, 1.54) is 6.07 Å². The lowest BCUT2D eigenvalue weighted by atomic mass is 9.75. The molecule has 3 N–H and O–H groups in total. The third-order valence-electron chi connectivity index (χ3n) is 9.20. The van der Waals surface area contributed by atoms with Crippen LogP contribution < -0.4 is 4.72 Å². The second kappa shape index (κ2) is 11.4. The predicted molar refractivity (Wildman–Crippen MR) is 174 cm³/mol. The minimum Gasteiger partial charge on any atom is -0.431 e. The highest BCUT2D eigenvalue weighted by Crippen LogP contribution is 2.53. The summed E-state index contributed by atoms with van der Waals surface area (Å²) >= 11 is 0. The molecule has 45 heavy (non-hydrogen) atoms. The first-order chi connectivity index (χ1) is 21.1. The number of benzene rings is 2. The number of oxazole rings is 1. The van der Waals surface area contributed by atoms with Gasteiger partial charge in [0.25, 0.3) is 11.8 Å². The van der Waals surface area contributed by atoms with Crippen LogP contribution in [-0.2, 0) is 10.0 Å². The summed E-state index contributed by atoms with van der Waals surface area (Å²) in [6, 6.07) is 10.1. The second-order valence-electron chi connectivity index (χ2n) is 14.1. The molecule has 0 unspecified atom stereocenters. The highest BCUT2D eigenvalue weighted by atomic mass is 32.3. The highest BCUT2D eigenvalue weighted by Gasteiger charge is 2.49. The van der Waals surface area contributed by atoms with E-state index in [0.717, 1.165) is 12.8 Å². The van der Waals surface area contributed by atoms with E-state index in [9.17, 15) is 27.1 Å². The van der Waals surface area contributed by atoms with Crippen molar-refractivity contribution in [3.8, 4) is 11.3 Å². The maximum absolute atomic E-state index is 13.9. The molecule has 3 fully saturated rings. The molecule has 0 bridgehead atoms. The average Bonchev–Trinajstić information content (AvgIpc) is 3.39. The van der Waals surface area contributed by atoms with Gasteiger partial charge in [0.1, 0.15) is 0 Å². The number of hydrogen-bond donors (Lipinski definition) is 3. The summed E-state index contributed by atoms with van der Waals surface area (Å²) in [5, 5.41) is 1.00. The molecule has 4 heterocycles. The summed E-state index contributed by atoms with van der Waals surface area (Å²) in [5.41, 5.74) is -0.339. The van der Waals surface area contributed by atoms with Crippen molar-refractivity contribution in [3.63, 3.8) is 0 Å². The fourth-order valence-electron chi connectivity index (χ4n) is 6.61. The van der Waals surface area contributed by atoms with Crippen LogP contribution in [0.4, 0.5) is 0 Å². The van der Waals surface area contributed by atoms with Gasteiger partial charge >= 0.3 is 5.91 Å². The molecule has 3 aromatic rings. The van der Waals surface area contributed by atoms with Crippen LogP contribution in [0.5, 0.6) is 0 Å². The first-order valence-electron chi connectivity index (χ1n) is 15.5. The molecule has 6 rings (SSSR count). The monoisotopic (exact) mass is 658 g/mol. The van der Waals surface area contributed by atoms with Crippen LogP contribution in [0.3, 0.4) is 0 Å². The van der Waals surface area contributed by atoms with Gasteiger partial charge in [-0.15, -0.1) is 0 Å². The Morgan fingerprint density at radius 3 is 2.22 bits per heavy atom. The zero-order chi connectivity index (χ0) is 32.4. The Balaban J connectivity index is 1.38. The maximum atomic E-state index is 13.9. The minimum atomic E-state index is -3.89. The lowest BCUT2D eigenvalue weighted by Gasteiger charge is -2.55. The van der Waals surface area contributed by atoms with Crippen LogP contribution in [0.1, 0.15) is 74.6 Å². The smallest absolute Gasteiger partial charge is 0.309 e. The Bertz CT molecular complexity index is 1740. The lowest BCUT2D eigenvalue weighted by molar-refractivity contribution is -0.00310. The number of carbonyl (C=O) groups excluding carboxylic acids is 2. The van der Waals surface area contributed by atoms with Gasteiger partial charge in [0.05, 0.1) is 4.90 Å². The Morgan fingerprint density at radius 2 is 1.60 bits per heavy atom. The molecule has 0 atom stereocenters. The Labute approximate surface area is 265 Å². The van der Waals surface area contributed by atoms with E-state index in [-0.39, 0.29) is 33.6 Å². The molecular formula is C32H42N4O7S2. The van der Waals surface area contributed by atoms with Crippen molar-refractivity contribution in [2.24, 2.45) is 11.3 Å². The number of rotatable bonds is 5. The number of likely N-dealkylation sites (tertiary alicyclic amines) is 2. The van der Waals surface area contributed by atoms with Gasteiger partial charge in [-0.1, -0.05) is 31.2 Å². The van der Waals surface area contributed by atoms with E-state index in [0.29, 0.717) is 72.8 Å². The molecule has 0 aliphatic carbocycles. The van der Waals surface area contributed by atoms with Gasteiger partial charge in [-0.25, -0.2) is 13.1 Å². The average molecular weight is 659 g/mol. The molecule has 3 saturated heterocycles. The van der Waals surface area contributed by atoms with Crippen molar-refractivity contribution in [3.05, 3.63) is 48.0 Å². The van der Waals surface area contributed by atoms with Crippen molar-refractivity contribution in [2.45, 2.75) is 63.8 Å². The van der Waals surface area contributed by atoms with E-state index in [4.69, 9.17) is 4.42 Å². The van der Waals surface area contributed by atoms with E-state index in [2.05, 4.69) is 16.6 Å². The molecule has 2 aromatic carbocycles. The van der Waals surface area contributed by atoms with E-state index < -0.39 is 32.1 Å². The number of piperidine rings is 1. The molecule has 0 radical (unpaired) electrons. The van der Waals surface area contributed by atoms with E-state index in [1.54, 1.807) is 60.9 Å². The van der Waals surface area contributed by atoms with Crippen LogP contribution in [0.2, 0.25) is 0 Å². The zero-order valence-corrected chi connectivity index (χ0v) is 27.8. The third kappa shape index (κ3) is 6.37. The van der Waals surface area contributed by atoms with Crippen LogP contribution in [-0.4, -0.2) is 87.3 Å². The largest absolute Gasteiger partial charge is 0.431 e. The Morgan fingerprint density at radius 1 is 0.978 bits per heavy atom. The number of nitrogens with one attached hydrogen (secondary N) is 1. The van der Waals surface area contributed by atoms with Gasteiger partial charge < -0.3 is 14.2 Å². The SMILES string of the molecule is CC1CCN(C(=O)c2nc(C(=O)N3CC4(CCS(O)(O)CC4)C3)oc2-c2ccc(S(=O)(=O)NC(C)(C)C)c3ccccc23)CC1. The van der Waals surface area contributed by atoms with Gasteiger partial charge in [-0.3, -0.25) is 18.7 Å². The van der Waals surface area contributed by atoms with Crippen LogP contribution >= 0.6 is 10.6 Å². The topological polar surface area (TPSA) is 153 Å². The molecule has 1 spiro atoms. The summed E-state index contributed by atoms with van der Waals surface area (Å²) in [5.74, 6) is 0.377. The number of hydrogen-bond acceptors (Lipinski definition) is 8. The van der Waals surface area contributed by atoms with Crippen LogP contribution in [0.25, 0.3) is 22.1 Å². The summed E-state index contributed by atoms with van der Waals surface area (Å²) < 4.78 is 55.8. The van der Waals surface area contributed by atoms with Crippen LogP contribution in [0, 0.1) is 11.3 Å². The molecule has 3 aliphatic rings. The number of carbonyl (C=O) groups is 2. The fraction of sp³-hybridized carbons (Fsp3) is 0.531. The lowest BCUT2D eigenvalue weighted by Crippen LogP contribution is -2.60. The summed E-state index contributed by atoms with van der Waals surface area (Å²) in [7, 11) is -6.42. The van der Waals surface area contributed by atoms with Gasteiger partial charge in [0, 0.05) is 59.6 Å². The Kier molecular flexibility index (Phi) is 8.09. The van der Waals surface area contributed by atoms with Gasteiger partial charge in [0.2, 0.25) is 10.0 Å². The normalized spacial score (nSPS) is 21.1. The summed E-state index contributed by atoms with van der Waals surface area (Å²) in [6.07, 6.45) is 3.00. The molecule has 11 nitrogen and oxygen atoms in total. The van der Waals surface area contributed by atoms with Crippen molar-refractivity contribution >= 4 is 43.2 Å². The number of fused-ring (bicyclic) bond motifs is 1. The van der Waals surface area contributed by atoms with Gasteiger partial charge in [-0.2, -0.15) is 15.6 Å². The molecule has 1 aromatic heterocycles. The molecule has 13 heteroatoms. The summed E-state index contributed by atoms with van der Waals surface area (Å²) in [6.45, 7) is 9.54. The highest BCUT2D eigenvalue weighted by molar-refractivity contribution is 8.24. The third-order valence-corrected chi connectivity index (χ3v) is 12.7. The fourth-order valence-corrected chi connectivity index (χ4v) is 9.96. The predicted octanol–water partition coefficient (Wildman–Crippen LogP) is 5.43. The van der Waals surface area contributed by atoms with Crippen molar-refractivity contribution in [1.29, 1.82) is 0 Å². The number of nitrogens with zero attached hydrogens (tertiary/aromatic N) is 3. The molecular weight excluding hydrogens is 617 g/mol. The van der Waals surface area contributed by atoms with Gasteiger partial charge in [0.15, 0.2) is 11.5 Å².